The minimum atomic E-state index is -3.26. The summed E-state index contributed by atoms with van der Waals surface area (Å²) < 4.78 is 33.8. The van der Waals surface area contributed by atoms with Crippen molar-refractivity contribution in [3.05, 3.63) is 22.2 Å². The molecule has 1 fully saturated rings. The summed E-state index contributed by atoms with van der Waals surface area (Å²) >= 11 is 0. The third-order valence-electron chi connectivity index (χ3n) is 3.37. The summed E-state index contributed by atoms with van der Waals surface area (Å²) in [7, 11) is 0. The quantitative estimate of drug-likeness (QED) is 0.854. The zero-order valence-corrected chi connectivity index (χ0v) is 11.2. The van der Waals surface area contributed by atoms with Crippen LogP contribution in [-0.2, 0) is 11.2 Å². The maximum Gasteiger partial charge on any atom is 0.351 e. The highest BCUT2D eigenvalue weighted by Crippen LogP contribution is 2.42. The van der Waals surface area contributed by atoms with Gasteiger partial charge in [-0.3, -0.25) is 4.57 Å². The molecule has 1 saturated heterocycles. The summed E-state index contributed by atoms with van der Waals surface area (Å²) in [5.41, 5.74) is 5.15. The average molecular weight is 289 g/mol. The molecule has 20 heavy (non-hydrogen) atoms. The van der Waals surface area contributed by atoms with Crippen LogP contribution in [0.2, 0.25) is 0 Å². The molecule has 3 unspecified atom stereocenters. The number of halogens is 2. The lowest BCUT2D eigenvalue weighted by Gasteiger charge is -2.21. The average Bonchev–Trinajstić information content (AvgIpc) is 2.66. The molecule has 1 aromatic rings. The molecule has 0 saturated carbocycles. The van der Waals surface area contributed by atoms with Gasteiger partial charge in [-0.1, -0.05) is 6.92 Å². The predicted molar refractivity (Wildman–Crippen MR) is 67.4 cm³/mol. The van der Waals surface area contributed by atoms with E-state index in [-0.39, 0.29) is 5.82 Å². The van der Waals surface area contributed by atoms with Gasteiger partial charge in [-0.05, 0) is 13.3 Å². The fourth-order valence-corrected chi connectivity index (χ4v) is 2.20. The maximum atomic E-state index is 14.0. The lowest BCUT2D eigenvalue weighted by molar-refractivity contribution is -0.126. The Morgan fingerprint density at radius 1 is 1.70 bits per heavy atom. The van der Waals surface area contributed by atoms with E-state index >= 15 is 0 Å². The lowest BCUT2D eigenvalue weighted by atomic mass is 10.1. The Bertz CT molecular complexity index is 559. The Morgan fingerprint density at radius 2 is 2.35 bits per heavy atom. The number of ether oxygens (including phenoxy) is 1. The third kappa shape index (κ3) is 2.53. The second kappa shape index (κ2) is 5.10. The number of anilines is 1. The Kier molecular flexibility index (Phi) is 3.79. The Labute approximate surface area is 114 Å². The van der Waals surface area contributed by atoms with Crippen LogP contribution >= 0.6 is 0 Å². The van der Waals surface area contributed by atoms with E-state index in [1.54, 1.807) is 6.92 Å². The van der Waals surface area contributed by atoms with Crippen LogP contribution in [0.15, 0.2) is 11.0 Å². The molecular weight excluding hydrogens is 272 g/mol. The van der Waals surface area contributed by atoms with E-state index in [1.165, 1.54) is 13.1 Å². The van der Waals surface area contributed by atoms with Gasteiger partial charge >= 0.3 is 5.69 Å². The molecule has 2 heterocycles. The molecule has 1 aliphatic heterocycles. The fraction of sp³-hybridized carbons (Fsp3) is 0.667. The Balaban J connectivity index is 2.43. The highest BCUT2D eigenvalue weighted by atomic mass is 19.3. The molecule has 0 spiro atoms. The van der Waals surface area contributed by atoms with Crippen molar-refractivity contribution in [2.75, 3.05) is 5.73 Å². The molecule has 6 nitrogen and oxygen atoms in total. The zero-order valence-electron chi connectivity index (χ0n) is 11.2. The first-order valence-corrected chi connectivity index (χ1v) is 6.35. The number of aliphatic hydroxyl groups is 1. The van der Waals surface area contributed by atoms with E-state index in [2.05, 4.69) is 4.98 Å². The van der Waals surface area contributed by atoms with Crippen molar-refractivity contribution in [3.8, 4) is 0 Å². The lowest BCUT2D eigenvalue weighted by Crippen LogP contribution is -2.35. The van der Waals surface area contributed by atoms with E-state index in [0.717, 1.165) is 4.57 Å². The molecule has 0 aliphatic carbocycles. The van der Waals surface area contributed by atoms with Crippen molar-refractivity contribution in [3.63, 3.8) is 0 Å². The predicted octanol–water partition coefficient (Wildman–Crippen LogP) is 0.692. The van der Waals surface area contributed by atoms with Crippen molar-refractivity contribution >= 4 is 5.82 Å². The largest absolute Gasteiger partial charge is 0.391 e. The molecule has 0 amide bonds. The van der Waals surface area contributed by atoms with Crippen molar-refractivity contribution in [1.29, 1.82) is 0 Å². The number of hydrogen-bond acceptors (Lipinski definition) is 5. The number of rotatable bonds is 3. The number of nitrogens with zero attached hydrogens (tertiary/aromatic N) is 2. The van der Waals surface area contributed by atoms with Gasteiger partial charge in [0.05, 0.1) is 12.2 Å². The summed E-state index contributed by atoms with van der Waals surface area (Å²) in [6.07, 6.45) is -2.79. The van der Waals surface area contributed by atoms with Gasteiger partial charge in [-0.25, -0.2) is 13.6 Å². The van der Waals surface area contributed by atoms with Crippen LogP contribution in [0, 0.1) is 0 Å². The van der Waals surface area contributed by atoms with Gasteiger partial charge in [0.15, 0.2) is 0 Å². The molecular formula is C12H17F2N3O3. The second-order valence-electron chi connectivity index (χ2n) is 4.93. The molecule has 0 aromatic carbocycles. The number of alkyl halides is 2. The van der Waals surface area contributed by atoms with Gasteiger partial charge in [0.2, 0.25) is 6.23 Å². The summed E-state index contributed by atoms with van der Waals surface area (Å²) in [6.45, 7) is 3.14. The summed E-state index contributed by atoms with van der Waals surface area (Å²) in [5.74, 6) is -3.23. The smallest absolute Gasteiger partial charge is 0.351 e. The summed E-state index contributed by atoms with van der Waals surface area (Å²) in [5, 5.41) is 9.38. The van der Waals surface area contributed by atoms with Gasteiger partial charge in [0.1, 0.15) is 5.82 Å². The first-order valence-electron chi connectivity index (χ1n) is 6.35. The van der Waals surface area contributed by atoms with Crippen LogP contribution < -0.4 is 11.4 Å². The minimum absolute atomic E-state index is 0.0298. The van der Waals surface area contributed by atoms with Crippen molar-refractivity contribution in [2.45, 2.75) is 51.0 Å². The first kappa shape index (κ1) is 14.9. The molecule has 0 radical (unpaired) electrons. The monoisotopic (exact) mass is 289 g/mol. The van der Waals surface area contributed by atoms with Gasteiger partial charge in [-0.15, -0.1) is 0 Å². The van der Waals surface area contributed by atoms with Crippen LogP contribution in [0.4, 0.5) is 14.6 Å². The van der Waals surface area contributed by atoms with Crippen molar-refractivity contribution < 1.29 is 18.6 Å². The molecule has 3 N–H and O–H groups in total. The second-order valence-corrected chi connectivity index (χ2v) is 4.93. The number of nitrogens with two attached hydrogens (primary N) is 1. The summed E-state index contributed by atoms with van der Waals surface area (Å²) in [4.78, 5) is 15.3. The van der Waals surface area contributed by atoms with Gasteiger partial charge < -0.3 is 15.6 Å². The highest BCUT2D eigenvalue weighted by Gasteiger charge is 2.53. The Morgan fingerprint density at radius 3 is 2.85 bits per heavy atom. The van der Waals surface area contributed by atoms with Crippen LogP contribution in [0.25, 0.3) is 0 Å². The number of aliphatic hydroxyl groups excluding tert-OH is 1. The molecule has 2 rings (SSSR count). The van der Waals surface area contributed by atoms with Gasteiger partial charge in [-0.2, -0.15) is 4.98 Å². The van der Waals surface area contributed by atoms with Crippen LogP contribution in [0.5, 0.6) is 0 Å². The van der Waals surface area contributed by atoms with Gasteiger partial charge in [0, 0.05) is 18.2 Å². The first-order chi connectivity index (χ1) is 9.26. The number of aromatic nitrogens is 2. The molecule has 3 atom stereocenters. The maximum absolute atomic E-state index is 14.0. The molecule has 1 aromatic heterocycles. The normalized spacial score (nSPS) is 26.6. The summed E-state index contributed by atoms with van der Waals surface area (Å²) in [6, 6.07) is 0. The molecule has 0 bridgehead atoms. The number of aryl methyl sites for hydroxylation is 1. The number of nitrogen functional groups attached to an aromatic ring is 1. The van der Waals surface area contributed by atoms with E-state index in [9.17, 15) is 18.7 Å². The fourth-order valence-electron chi connectivity index (χ4n) is 2.20. The topological polar surface area (TPSA) is 90.4 Å². The van der Waals surface area contributed by atoms with Crippen LogP contribution in [0.3, 0.4) is 0 Å². The highest BCUT2D eigenvalue weighted by molar-refractivity contribution is 5.36. The van der Waals surface area contributed by atoms with Crippen molar-refractivity contribution in [2.24, 2.45) is 0 Å². The van der Waals surface area contributed by atoms with E-state index in [1.807, 2.05) is 0 Å². The van der Waals surface area contributed by atoms with E-state index < -0.39 is 36.5 Å². The van der Waals surface area contributed by atoms with Crippen LogP contribution in [-0.4, -0.2) is 32.8 Å². The SMILES string of the molecule is CCc1cn(C2OC(C(C)O)CC2(F)F)c(=O)nc1N. The zero-order chi connectivity index (χ0) is 15.1. The third-order valence-corrected chi connectivity index (χ3v) is 3.37. The number of hydrogen-bond donors (Lipinski definition) is 2. The molecule has 8 heteroatoms. The van der Waals surface area contributed by atoms with Crippen LogP contribution in [0.1, 0.15) is 32.1 Å². The van der Waals surface area contributed by atoms with E-state index in [4.69, 9.17) is 10.5 Å². The molecule has 1 aliphatic rings. The minimum Gasteiger partial charge on any atom is -0.391 e. The van der Waals surface area contributed by atoms with Crippen molar-refractivity contribution in [1.82, 2.24) is 9.55 Å². The standard InChI is InChI=1S/C12H17F2N3O3/c1-3-7-5-17(11(19)16-9(7)15)10-12(13,14)4-8(20-10)6(2)18/h5-6,8,10,18H,3-4H2,1-2H3,(H2,15,16,19). The van der Waals surface area contributed by atoms with E-state index in [0.29, 0.717) is 12.0 Å². The van der Waals surface area contributed by atoms with Gasteiger partial charge in [0.25, 0.3) is 5.92 Å². The Hall–Kier alpha value is -1.54. The molecule has 112 valence electrons.